The van der Waals surface area contributed by atoms with Crippen molar-refractivity contribution in [2.75, 3.05) is 30.6 Å². The van der Waals surface area contributed by atoms with Crippen molar-refractivity contribution in [3.63, 3.8) is 0 Å². The van der Waals surface area contributed by atoms with Gasteiger partial charge in [-0.15, -0.1) is 5.10 Å². The van der Waals surface area contributed by atoms with Crippen molar-refractivity contribution in [1.82, 2.24) is 15.0 Å². The van der Waals surface area contributed by atoms with Crippen molar-refractivity contribution in [2.45, 2.75) is 75.7 Å². The molecule has 7 rings (SSSR count). The standard InChI is InChI=1S/C39H45N5O7Si/c1-24-37(52(5,6)29-15-13-28(49-4)14-16-29)34(18-19-43-22-32(40-41-43)30(23-45)26-10-8-7-9-11-26)51-39(24)31-20-27(12-17-33(31)42(3)38(39)48)44-35(47)21-36(44)50-25(2)46/h7-17,20,22,24,30,34,36-37,45H,18-19,21,23H2,1-6H3/t24-,30?,34+,36?,37-,39+/m1/s1. The molecule has 4 heterocycles. The lowest BCUT2D eigenvalue weighted by atomic mass is 9.82. The van der Waals surface area contributed by atoms with E-state index in [1.165, 1.54) is 17.0 Å². The number of fused-ring (bicyclic) bond motifs is 2. The van der Waals surface area contributed by atoms with Gasteiger partial charge >= 0.3 is 5.97 Å². The van der Waals surface area contributed by atoms with Crippen LogP contribution in [-0.2, 0) is 36.0 Å². The zero-order valence-corrected chi connectivity index (χ0v) is 31.4. The number of aliphatic hydroxyl groups is 1. The summed E-state index contributed by atoms with van der Waals surface area (Å²) in [5.74, 6) is -0.547. The molecule has 52 heavy (non-hydrogen) atoms. The van der Waals surface area contributed by atoms with Gasteiger partial charge in [0.25, 0.3) is 5.91 Å². The van der Waals surface area contributed by atoms with Crippen molar-refractivity contribution in [3.8, 4) is 5.75 Å². The van der Waals surface area contributed by atoms with Crippen LogP contribution in [0.5, 0.6) is 5.75 Å². The summed E-state index contributed by atoms with van der Waals surface area (Å²) in [5, 5.41) is 20.3. The van der Waals surface area contributed by atoms with E-state index >= 15 is 0 Å². The van der Waals surface area contributed by atoms with Gasteiger partial charge < -0.3 is 24.2 Å². The summed E-state index contributed by atoms with van der Waals surface area (Å²) in [6.07, 6.45) is 1.52. The molecule has 2 saturated heterocycles. The molecule has 2 fully saturated rings. The highest BCUT2D eigenvalue weighted by atomic mass is 28.3. The molecule has 2 amide bonds. The molecule has 1 spiro atoms. The Balaban J connectivity index is 1.25. The summed E-state index contributed by atoms with van der Waals surface area (Å²) in [5.41, 5.74) is 2.30. The van der Waals surface area contributed by atoms with Crippen LogP contribution in [0.2, 0.25) is 18.6 Å². The molecule has 1 aromatic heterocycles. The van der Waals surface area contributed by atoms with Crippen LogP contribution < -0.4 is 19.7 Å². The average Bonchev–Trinajstić information content (AvgIpc) is 3.78. The second kappa shape index (κ2) is 13.6. The van der Waals surface area contributed by atoms with Crippen molar-refractivity contribution >= 4 is 42.4 Å². The number of aromatic nitrogens is 3. The highest BCUT2D eigenvalue weighted by Crippen LogP contribution is 2.60. The largest absolute Gasteiger partial charge is 0.497 e. The van der Waals surface area contributed by atoms with Gasteiger partial charge in [0.15, 0.2) is 11.8 Å². The number of aryl methyl sites for hydroxylation is 1. The first-order valence-electron chi connectivity index (χ1n) is 17.7. The lowest BCUT2D eigenvalue weighted by Crippen LogP contribution is -2.55. The van der Waals surface area contributed by atoms with Gasteiger partial charge in [0.2, 0.25) is 5.91 Å². The van der Waals surface area contributed by atoms with E-state index in [-0.39, 0.29) is 48.3 Å². The molecule has 0 radical (unpaired) electrons. The molecule has 1 N–H and O–H groups in total. The van der Waals surface area contributed by atoms with Crippen LogP contribution in [0, 0.1) is 5.92 Å². The smallest absolute Gasteiger partial charge is 0.304 e. The van der Waals surface area contributed by atoms with Crippen LogP contribution in [0.25, 0.3) is 0 Å². The summed E-state index contributed by atoms with van der Waals surface area (Å²) in [6, 6.07) is 23.5. The zero-order chi connectivity index (χ0) is 36.9. The number of esters is 1. The molecule has 3 aliphatic heterocycles. The maximum absolute atomic E-state index is 14.6. The van der Waals surface area contributed by atoms with Gasteiger partial charge in [0.05, 0.1) is 51.6 Å². The third kappa shape index (κ3) is 5.80. The maximum atomic E-state index is 14.6. The molecule has 0 aliphatic carbocycles. The van der Waals surface area contributed by atoms with Gasteiger partial charge in [0.1, 0.15) is 5.75 Å². The minimum Gasteiger partial charge on any atom is -0.497 e. The lowest BCUT2D eigenvalue weighted by Gasteiger charge is -2.39. The first kappa shape index (κ1) is 35.5. The van der Waals surface area contributed by atoms with E-state index < -0.39 is 25.9 Å². The lowest BCUT2D eigenvalue weighted by molar-refractivity contribution is -0.153. The van der Waals surface area contributed by atoms with Gasteiger partial charge in [-0.1, -0.05) is 72.9 Å². The summed E-state index contributed by atoms with van der Waals surface area (Å²) < 4.78 is 19.9. The van der Waals surface area contributed by atoms with Gasteiger partial charge in [-0.25, -0.2) is 0 Å². The van der Waals surface area contributed by atoms with Crippen molar-refractivity contribution in [3.05, 3.63) is 95.8 Å². The Morgan fingerprint density at radius 3 is 2.48 bits per heavy atom. The molecule has 4 aromatic rings. The summed E-state index contributed by atoms with van der Waals surface area (Å²) in [7, 11) is 1.01. The van der Waals surface area contributed by atoms with E-state index in [0.717, 1.165) is 17.0 Å². The molecule has 13 heteroatoms. The number of carbonyl (C=O) groups is 3. The molecule has 272 valence electrons. The number of carbonyl (C=O) groups excluding carboxylic acids is 3. The van der Waals surface area contributed by atoms with Crippen LogP contribution in [0.4, 0.5) is 11.4 Å². The van der Waals surface area contributed by atoms with E-state index in [0.29, 0.717) is 29.9 Å². The predicted octanol–water partition coefficient (Wildman–Crippen LogP) is 4.32. The van der Waals surface area contributed by atoms with Crippen molar-refractivity contribution in [1.29, 1.82) is 0 Å². The Kier molecular flexibility index (Phi) is 9.30. The summed E-state index contributed by atoms with van der Waals surface area (Å²) in [4.78, 5) is 42.3. The molecule has 12 nitrogen and oxygen atoms in total. The zero-order valence-electron chi connectivity index (χ0n) is 30.4. The number of hydrogen-bond donors (Lipinski definition) is 1. The molecule has 0 saturated carbocycles. The second-order valence-corrected chi connectivity index (χ2v) is 19.3. The quantitative estimate of drug-likeness (QED) is 0.136. The number of anilines is 2. The van der Waals surface area contributed by atoms with Crippen LogP contribution in [-0.4, -0.2) is 79.1 Å². The SMILES string of the molecule is COc1ccc([Si](C)(C)[C@H]2[C@H](CCn3cc(C(CO)c4ccccc4)nn3)O[C@@]3(C(=O)N(C)c4ccc(N5C(=O)CC5OC(C)=O)cc43)[C@@H]2C)cc1. The number of β-lactam (4-membered cyclic amide) rings is 1. The van der Waals surface area contributed by atoms with Crippen LogP contribution >= 0.6 is 0 Å². The number of ether oxygens (including phenoxy) is 3. The normalized spacial score (nSPS) is 24.6. The highest BCUT2D eigenvalue weighted by molar-refractivity contribution is 6.91. The van der Waals surface area contributed by atoms with Gasteiger partial charge in [-0.3, -0.25) is 24.0 Å². The number of nitrogens with zero attached hydrogens (tertiary/aromatic N) is 5. The summed E-state index contributed by atoms with van der Waals surface area (Å²) in [6.45, 7) is 8.48. The Morgan fingerprint density at radius 2 is 1.83 bits per heavy atom. The molecular weight excluding hydrogens is 679 g/mol. The number of amides is 2. The van der Waals surface area contributed by atoms with Gasteiger partial charge in [0, 0.05) is 43.9 Å². The van der Waals surface area contributed by atoms with E-state index in [1.54, 1.807) is 29.8 Å². The summed E-state index contributed by atoms with van der Waals surface area (Å²) >= 11 is 0. The van der Waals surface area contributed by atoms with E-state index in [4.69, 9.17) is 14.2 Å². The number of likely N-dealkylation sites (N-methyl/N-ethyl adjacent to an activating group) is 1. The van der Waals surface area contributed by atoms with E-state index in [1.807, 2.05) is 60.8 Å². The fourth-order valence-electron chi connectivity index (χ4n) is 8.71. The fourth-order valence-corrected chi connectivity index (χ4v) is 12.8. The predicted molar refractivity (Wildman–Crippen MR) is 197 cm³/mol. The number of hydrogen-bond acceptors (Lipinski definition) is 9. The topological polar surface area (TPSA) is 136 Å². The maximum Gasteiger partial charge on any atom is 0.304 e. The Morgan fingerprint density at radius 1 is 1.10 bits per heavy atom. The van der Waals surface area contributed by atoms with E-state index in [2.05, 4.69) is 42.5 Å². The van der Waals surface area contributed by atoms with Crippen LogP contribution in [0.1, 0.15) is 49.4 Å². The fraction of sp³-hybridized carbons (Fsp3) is 0.410. The van der Waals surface area contributed by atoms with Gasteiger partial charge in [-0.05, 0) is 47.9 Å². The number of methoxy groups -OCH3 is 1. The molecule has 6 atom stereocenters. The number of rotatable bonds is 11. The third-order valence-corrected chi connectivity index (χ3v) is 15.7. The Hall–Kier alpha value is -4.85. The molecule has 0 bridgehead atoms. The second-order valence-electron chi connectivity index (χ2n) is 14.6. The first-order valence-corrected chi connectivity index (χ1v) is 20.8. The monoisotopic (exact) mass is 723 g/mol. The minimum absolute atomic E-state index is 0.00946. The molecule has 2 unspecified atom stereocenters. The van der Waals surface area contributed by atoms with Crippen molar-refractivity contribution < 1.29 is 33.7 Å². The molecule has 3 aromatic carbocycles. The van der Waals surface area contributed by atoms with Crippen LogP contribution in [0.3, 0.4) is 0 Å². The number of benzene rings is 3. The molecular formula is C39H45N5O7Si. The van der Waals surface area contributed by atoms with Gasteiger partial charge in [-0.2, -0.15) is 0 Å². The Bertz CT molecular complexity index is 1990. The van der Waals surface area contributed by atoms with E-state index in [9.17, 15) is 19.5 Å². The molecule has 3 aliphatic rings. The Labute approximate surface area is 304 Å². The highest BCUT2D eigenvalue weighted by Gasteiger charge is 2.66. The minimum atomic E-state index is -2.40. The van der Waals surface area contributed by atoms with Crippen LogP contribution in [0.15, 0.2) is 79.0 Å². The van der Waals surface area contributed by atoms with Crippen molar-refractivity contribution in [2.24, 2.45) is 5.92 Å². The first-order chi connectivity index (χ1) is 24.9. The third-order valence-electron chi connectivity index (χ3n) is 11.4. The number of aliphatic hydroxyl groups excluding tert-OH is 1. The average molecular weight is 724 g/mol.